The highest BCUT2D eigenvalue weighted by Gasteiger charge is 2.29. The third kappa shape index (κ3) is 2.68. The maximum absolute atomic E-state index is 12.5. The summed E-state index contributed by atoms with van der Waals surface area (Å²) < 4.78 is 2.28. The van der Waals surface area contributed by atoms with Gasteiger partial charge in [0.05, 0.1) is 6.42 Å². The first-order chi connectivity index (χ1) is 11.2. The first-order valence-electron chi connectivity index (χ1n) is 8.07. The van der Waals surface area contributed by atoms with Crippen molar-refractivity contribution >= 4 is 28.1 Å². The molecule has 3 aromatic rings. The van der Waals surface area contributed by atoms with Gasteiger partial charge in [0.1, 0.15) is 0 Å². The standard InChI is InChI=1S/C19H20N2OS/c1-20-17-7-3-2-5-14(17)11-18(20)15-8-9-21(13-15)19(22)12-16-6-4-10-23-16/h2-7,10-11,15H,8-9,12-13H2,1H3. The Labute approximate surface area is 140 Å². The van der Waals surface area contributed by atoms with Crippen LogP contribution in [0.15, 0.2) is 47.8 Å². The molecule has 4 heteroatoms. The molecule has 4 rings (SSSR count). The van der Waals surface area contributed by atoms with E-state index in [-0.39, 0.29) is 5.91 Å². The zero-order chi connectivity index (χ0) is 15.8. The highest BCUT2D eigenvalue weighted by atomic mass is 32.1. The van der Waals surface area contributed by atoms with Crippen molar-refractivity contribution in [1.82, 2.24) is 9.47 Å². The molecule has 1 fully saturated rings. The van der Waals surface area contributed by atoms with Gasteiger partial charge in [-0.2, -0.15) is 0 Å². The predicted molar refractivity (Wildman–Crippen MR) is 94.9 cm³/mol. The number of aromatic nitrogens is 1. The van der Waals surface area contributed by atoms with E-state index in [4.69, 9.17) is 0 Å². The van der Waals surface area contributed by atoms with Crippen molar-refractivity contribution in [2.24, 2.45) is 7.05 Å². The number of hydrogen-bond donors (Lipinski definition) is 0. The molecule has 3 nitrogen and oxygen atoms in total. The summed E-state index contributed by atoms with van der Waals surface area (Å²) in [5, 5.41) is 3.32. The second kappa shape index (κ2) is 5.85. The summed E-state index contributed by atoms with van der Waals surface area (Å²) in [6.07, 6.45) is 1.60. The minimum Gasteiger partial charge on any atom is -0.347 e. The zero-order valence-corrected chi connectivity index (χ0v) is 14.1. The minimum absolute atomic E-state index is 0.258. The second-order valence-corrected chi connectivity index (χ2v) is 7.30. The van der Waals surface area contributed by atoms with E-state index in [1.54, 1.807) is 11.3 Å². The highest BCUT2D eigenvalue weighted by molar-refractivity contribution is 7.10. The molecule has 0 spiro atoms. The lowest BCUT2D eigenvalue weighted by Crippen LogP contribution is -2.29. The van der Waals surface area contributed by atoms with Crippen molar-refractivity contribution in [2.75, 3.05) is 13.1 Å². The molecule has 2 aromatic heterocycles. The first kappa shape index (κ1) is 14.5. The van der Waals surface area contributed by atoms with E-state index in [1.165, 1.54) is 16.6 Å². The fourth-order valence-corrected chi connectivity index (χ4v) is 4.30. The van der Waals surface area contributed by atoms with E-state index in [2.05, 4.69) is 41.9 Å². The van der Waals surface area contributed by atoms with Crippen LogP contribution in [0.2, 0.25) is 0 Å². The van der Waals surface area contributed by atoms with E-state index in [9.17, 15) is 4.79 Å². The third-order valence-electron chi connectivity index (χ3n) is 4.85. The molecule has 23 heavy (non-hydrogen) atoms. The number of amides is 1. The van der Waals surface area contributed by atoms with Crippen LogP contribution in [0.5, 0.6) is 0 Å². The third-order valence-corrected chi connectivity index (χ3v) is 5.73. The molecule has 1 saturated heterocycles. The summed E-state index contributed by atoms with van der Waals surface area (Å²) in [4.78, 5) is 15.7. The SMILES string of the molecule is Cn1c(C2CCN(C(=O)Cc3cccs3)C2)cc2ccccc21. The highest BCUT2D eigenvalue weighted by Crippen LogP contribution is 2.31. The van der Waals surface area contributed by atoms with Crippen LogP contribution in [0.25, 0.3) is 10.9 Å². The summed E-state index contributed by atoms with van der Waals surface area (Å²) in [6, 6.07) is 14.8. The van der Waals surface area contributed by atoms with Crippen LogP contribution >= 0.6 is 11.3 Å². The van der Waals surface area contributed by atoms with E-state index in [1.807, 2.05) is 22.4 Å². The molecule has 0 saturated carbocycles. The molecule has 1 aliphatic rings. The number of thiophene rings is 1. The molecule has 1 aromatic carbocycles. The maximum Gasteiger partial charge on any atom is 0.227 e. The number of fused-ring (bicyclic) bond motifs is 1. The van der Waals surface area contributed by atoms with Crippen molar-refractivity contribution < 1.29 is 4.79 Å². The first-order valence-corrected chi connectivity index (χ1v) is 8.95. The van der Waals surface area contributed by atoms with Crippen LogP contribution in [-0.4, -0.2) is 28.5 Å². The normalized spacial score (nSPS) is 18.0. The van der Waals surface area contributed by atoms with E-state index >= 15 is 0 Å². The van der Waals surface area contributed by atoms with Crippen LogP contribution in [-0.2, 0) is 18.3 Å². The quantitative estimate of drug-likeness (QED) is 0.719. The molecule has 1 atom stereocenters. The van der Waals surface area contributed by atoms with Gasteiger partial charge in [0.25, 0.3) is 0 Å². The summed E-state index contributed by atoms with van der Waals surface area (Å²) in [7, 11) is 2.13. The number of carbonyl (C=O) groups is 1. The zero-order valence-electron chi connectivity index (χ0n) is 13.2. The monoisotopic (exact) mass is 324 g/mol. The van der Waals surface area contributed by atoms with Crippen molar-refractivity contribution in [3.8, 4) is 0 Å². The van der Waals surface area contributed by atoms with Gasteiger partial charge in [-0.05, 0) is 35.4 Å². The average Bonchev–Trinajstić information content (AvgIpc) is 3.28. The molecule has 3 heterocycles. The number of benzene rings is 1. The lowest BCUT2D eigenvalue weighted by Gasteiger charge is -2.16. The molecule has 1 amide bonds. The Morgan fingerprint density at radius 1 is 1.26 bits per heavy atom. The largest absolute Gasteiger partial charge is 0.347 e. The van der Waals surface area contributed by atoms with Crippen LogP contribution in [0.3, 0.4) is 0 Å². The van der Waals surface area contributed by atoms with Crippen LogP contribution in [0.4, 0.5) is 0 Å². The number of nitrogens with zero attached hydrogens (tertiary/aromatic N) is 2. The van der Waals surface area contributed by atoms with Gasteiger partial charge in [-0.15, -0.1) is 11.3 Å². The number of aryl methyl sites for hydroxylation is 1. The summed E-state index contributed by atoms with van der Waals surface area (Å²) in [5.74, 6) is 0.702. The van der Waals surface area contributed by atoms with Crippen molar-refractivity contribution in [3.63, 3.8) is 0 Å². The fourth-order valence-electron chi connectivity index (χ4n) is 3.60. The number of hydrogen-bond acceptors (Lipinski definition) is 2. The Kier molecular flexibility index (Phi) is 3.69. The summed E-state index contributed by atoms with van der Waals surface area (Å²) >= 11 is 1.66. The van der Waals surface area contributed by atoms with Gasteiger partial charge in [-0.25, -0.2) is 0 Å². The molecule has 0 aliphatic carbocycles. The molecule has 1 aliphatic heterocycles. The van der Waals surface area contributed by atoms with Gasteiger partial charge >= 0.3 is 0 Å². The summed E-state index contributed by atoms with van der Waals surface area (Å²) in [5.41, 5.74) is 2.61. The number of carbonyl (C=O) groups excluding carboxylic acids is 1. The Balaban J connectivity index is 1.51. The molecular weight excluding hydrogens is 304 g/mol. The molecular formula is C19H20N2OS. The Bertz CT molecular complexity index is 834. The number of likely N-dealkylation sites (tertiary alicyclic amines) is 1. The van der Waals surface area contributed by atoms with Crippen LogP contribution in [0.1, 0.15) is 22.9 Å². The van der Waals surface area contributed by atoms with E-state index < -0.39 is 0 Å². The topological polar surface area (TPSA) is 25.2 Å². The Morgan fingerprint density at radius 3 is 2.91 bits per heavy atom. The summed E-state index contributed by atoms with van der Waals surface area (Å²) in [6.45, 7) is 1.71. The molecule has 118 valence electrons. The van der Waals surface area contributed by atoms with Crippen molar-refractivity contribution in [1.29, 1.82) is 0 Å². The lowest BCUT2D eigenvalue weighted by molar-refractivity contribution is -0.129. The van der Waals surface area contributed by atoms with Gasteiger partial charge < -0.3 is 9.47 Å². The van der Waals surface area contributed by atoms with Crippen LogP contribution < -0.4 is 0 Å². The minimum atomic E-state index is 0.258. The van der Waals surface area contributed by atoms with Gasteiger partial charge in [-0.3, -0.25) is 4.79 Å². The van der Waals surface area contributed by atoms with Crippen molar-refractivity contribution in [2.45, 2.75) is 18.8 Å². The van der Waals surface area contributed by atoms with Crippen LogP contribution in [0, 0.1) is 0 Å². The predicted octanol–water partition coefficient (Wildman–Crippen LogP) is 3.80. The second-order valence-electron chi connectivity index (χ2n) is 6.27. The Morgan fingerprint density at radius 2 is 2.13 bits per heavy atom. The van der Waals surface area contributed by atoms with Gasteiger partial charge in [-0.1, -0.05) is 24.3 Å². The molecule has 0 N–H and O–H groups in total. The molecule has 1 unspecified atom stereocenters. The van der Waals surface area contributed by atoms with Gasteiger partial charge in [0, 0.05) is 42.1 Å². The number of para-hydroxylation sites is 1. The number of rotatable bonds is 3. The van der Waals surface area contributed by atoms with E-state index in [0.717, 1.165) is 24.4 Å². The van der Waals surface area contributed by atoms with Gasteiger partial charge in [0.2, 0.25) is 5.91 Å². The average molecular weight is 324 g/mol. The fraction of sp³-hybridized carbons (Fsp3) is 0.316. The lowest BCUT2D eigenvalue weighted by atomic mass is 10.0. The van der Waals surface area contributed by atoms with Crippen molar-refractivity contribution in [3.05, 3.63) is 58.4 Å². The van der Waals surface area contributed by atoms with E-state index in [0.29, 0.717) is 12.3 Å². The smallest absolute Gasteiger partial charge is 0.227 e. The molecule has 0 radical (unpaired) electrons. The molecule has 0 bridgehead atoms. The van der Waals surface area contributed by atoms with Gasteiger partial charge in [0.15, 0.2) is 0 Å². The maximum atomic E-state index is 12.5. The Hall–Kier alpha value is -2.07.